The summed E-state index contributed by atoms with van der Waals surface area (Å²) in [6, 6.07) is 7.73. The van der Waals surface area contributed by atoms with Crippen LogP contribution in [0.25, 0.3) is 11.4 Å². The summed E-state index contributed by atoms with van der Waals surface area (Å²) in [6.45, 7) is 6.17. The lowest BCUT2D eigenvalue weighted by Crippen LogP contribution is -2.38. The van der Waals surface area contributed by atoms with Crippen molar-refractivity contribution < 1.29 is 4.79 Å². The maximum Gasteiger partial charge on any atom is 0.243 e. The number of nitrogens with one attached hydrogen (secondary N) is 1. The molecular formula is C14H18BrN5O. The molecule has 1 unspecified atom stereocenters. The third kappa shape index (κ3) is 4.35. The molecule has 112 valence electrons. The number of hydrogen-bond acceptors (Lipinski definition) is 4. The van der Waals surface area contributed by atoms with E-state index in [0.29, 0.717) is 11.7 Å². The molecule has 1 N–H and O–H groups in total. The first-order valence-corrected chi connectivity index (χ1v) is 7.58. The Morgan fingerprint density at radius 2 is 1.95 bits per heavy atom. The van der Waals surface area contributed by atoms with Crippen LogP contribution in [0.4, 0.5) is 0 Å². The van der Waals surface area contributed by atoms with Crippen molar-refractivity contribution in [3.05, 3.63) is 28.7 Å². The molecule has 21 heavy (non-hydrogen) atoms. The number of rotatable bonds is 5. The molecule has 2 aromatic rings. The van der Waals surface area contributed by atoms with Crippen LogP contribution in [0.15, 0.2) is 28.7 Å². The summed E-state index contributed by atoms with van der Waals surface area (Å²) in [6.07, 6.45) is 0. The average molecular weight is 352 g/mol. The lowest BCUT2D eigenvalue weighted by molar-refractivity contribution is -0.123. The fourth-order valence-electron chi connectivity index (χ4n) is 1.62. The number of aromatic nitrogens is 4. The zero-order chi connectivity index (χ0) is 15.4. The van der Waals surface area contributed by atoms with Crippen LogP contribution in [-0.4, -0.2) is 32.2 Å². The van der Waals surface area contributed by atoms with Crippen molar-refractivity contribution in [3.8, 4) is 11.4 Å². The molecule has 0 saturated carbocycles. The predicted octanol–water partition coefficient (Wildman–Crippen LogP) is 2.26. The highest BCUT2D eigenvalue weighted by atomic mass is 79.9. The van der Waals surface area contributed by atoms with Gasteiger partial charge in [0.25, 0.3) is 0 Å². The van der Waals surface area contributed by atoms with E-state index in [9.17, 15) is 4.79 Å². The molecule has 0 saturated heterocycles. The van der Waals surface area contributed by atoms with Gasteiger partial charge in [-0.15, -0.1) is 10.2 Å². The molecule has 0 aliphatic rings. The van der Waals surface area contributed by atoms with E-state index in [-0.39, 0.29) is 18.5 Å². The second kappa shape index (κ2) is 6.80. The molecule has 1 aromatic carbocycles. The van der Waals surface area contributed by atoms with Crippen LogP contribution in [0.1, 0.15) is 20.8 Å². The van der Waals surface area contributed by atoms with Gasteiger partial charge in [0, 0.05) is 16.1 Å². The summed E-state index contributed by atoms with van der Waals surface area (Å²) in [5.41, 5.74) is 0.861. The van der Waals surface area contributed by atoms with Gasteiger partial charge in [-0.25, -0.2) is 0 Å². The van der Waals surface area contributed by atoms with Gasteiger partial charge in [0.05, 0.1) is 0 Å². The van der Waals surface area contributed by atoms with Gasteiger partial charge in [-0.3, -0.25) is 4.79 Å². The topological polar surface area (TPSA) is 72.7 Å². The minimum atomic E-state index is -0.115. The second-order valence-corrected chi connectivity index (χ2v) is 6.17. The van der Waals surface area contributed by atoms with Crippen molar-refractivity contribution in [2.75, 3.05) is 0 Å². The van der Waals surface area contributed by atoms with E-state index in [2.05, 4.69) is 50.5 Å². The van der Waals surface area contributed by atoms with Crippen molar-refractivity contribution in [2.45, 2.75) is 33.4 Å². The SMILES string of the molecule is CC(C)C(C)NC(=O)Cn1nnc(-c2ccc(Br)cc2)n1. The first kappa shape index (κ1) is 15.6. The molecular weight excluding hydrogens is 334 g/mol. The molecule has 0 spiro atoms. The van der Waals surface area contributed by atoms with Gasteiger partial charge in [0.2, 0.25) is 11.7 Å². The van der Waals surface area contributed by atoms with E-state index in [1.807, 2.05) is 31.2 Å². The van der Waals surface area contributed by atoms with Crippen molar-refractivity contribution in [1.29, 1.82) is 0 Å². The first-order chi connectivity index (χ1) is 9.95. The molecule has 0 radical (unpaired) electrons. The average Bonchev–Trinajstić information content (AvgIpc) is 2.87. The molecule has 6 nitrogen and oxygen atoms in total. The molecule has 1 heterocycles. The van der Waals surface area contributed by atoms with Crippen molar-refractivity contribution >= 4 is 21.8 Å². The van der Waals surface area contributed by atoms with Gasteiger partial charge in [0.15, 0.2) is 0 Å². The monoisotopic (exact) mass is 351 g/mol. The molecule has 1 aromatic heterocycles. The molecule has 0 bridgehead atoms. The zero-order valence-corrected chi connectivity index (χ0v) is 13.8. The van der Waals surface area contributed by atoms with Crippen LogP contribution in [-0.2, 0) is 11.3 Å². The highest BCUT2D eigenvalue weighted by Crippen LogP contribution is 2.17. The maximum atomic E-state index is 11.9. The number of amides is 1. The fraction of sp³-hybridized carbons (Fsp3) is 0.429. The van der Waals surface area contributed by atoms with Crippen LogP contribution < -0.4 is 5.32 Å². The van der Waals surface area contributed by atoms with Crippen molar-refractivity contribution in [3.63, 3.8) is 0 Å². The Morgan fingerprint density at radius 1 is 1.29 bits per heavy atom. The van der Waals surface area contributed by atoms with E-state index in [1.54, 1.807) is 0 Å². The minimum Gasteiger partial charge on any atom is -0.352 e. The summed E-state index contributed by atoms with van der Waals surface area (Å²) in [4.78, 5) is 13.2. The van der Waals surface area contributed by atoms with Crippen LogP contribution in [0.2, 0.25) is 0 Å². The normalized spacial score (nSPS) is 12.4. The molecule has 2 rings (SSSR count). The Balaban J connectivity index is 2.00. The molecule has 1 amide bonds. The van der Waals surface area contributed by atoms with Crippen molar-refractivity contribution in [2.24, 2.45) is 5.92 Å². The van der Waals surface area contributed by atoms with Crippen LogP contribution in [0.5, 0.6) is 0 Å². The highest BCUT2D eigenvalue weighted by Gasteiger charge is 2.13. The first-order valence-electron chi connectivity index (χ1n) is 6.79. The quantitative estimate of drug-likeness (QED) is 0.896. The van der Waals surface area contributed by atoms with E-state index in [0.717, 1.165) is 10.0 Å². The van der Waals surface area contributed by atoms with E-state index in [1.165, 1.54) is 4.80 Å². The molecule has 7 heteroatoms. The van der Waals surface area contributed by atoms with Crippen LogP contribution in [0.3, 0.4) is 0 Å². The molecule has 0 fully saturated rings. The smallest absolute Gasteiger partial charge is 0.243 e. The predicted molar refractivity (Wildman–Crippen MR) is 83.4 cm³/mol. The number of nitrogens with zero attached hydrogens (tertiary/aromatic N) is 4. The summed E-state index contributed by atoms with van der Waals surface area (Å²) in [5, 5.41) is 15.0. The fourth-order valence-corrected chi connectivity index (χ4v) is 1.88. The molecule has 0 aliphatic heterocycles. The number of carbonyl (C=O) groups is 1. The van der Waals surface area contributed by atoms with Crippen LogP contribution >= 0.6 is 15.9 Å². The number of carbonyl (C=O) groups excluding carboxylic acids is 1. The summed E-state index contributed by atoms with van der Waals surface area (Å²) >= 11 is 3.38. The lowest BCUT2D eigenvalue weighted by atomic mass is 10.1. The van der Waals surface area contributed by atoms with E-state index >= 15 is 0 Å². The summed E-state index contributed by atoms with van der Waals surface area (Å²) < 4.78 is 0.987. The van der Waals surface area contributed by atoms with Gasteiger partial charge in [-0.2, -0.15) is 4.80 Å². The third-order valence-corrected chi connectivity index (χ3v) is 3.76. The third-order valence-electron chi connectivity index (χ3n) is 3.23. The van der Waals surface area contributed by atoms with Gasteiger partial charge in [-0.1, -0.05) is 29.8 Å². The van der Waals surface area contributed by atoms with E-state index < -0.39 is 0 Å². The number of hydrogen-bond donors (Lipinski definition) is 1. The number of benzene rings is 1. The van der Waals surface area contributed by atoms with Gasteiger partial charge < -0.3 is 5.32 Å². The van der Waals surface area contributed by atoms with E-state index in [4.69, 9.17) is 0 Å². The highest BCUT2D eigenvalue weighted by molar-refractivity contribution is 9.10. The minimum absolute atomic E-state index is 0.0700. The largest absolute Gasteiger partial charge is 0.352 e. The van der Waals surface area contributed by atoms with Gasteiger partial charge in [-0.05, 0) is 42.3 Å². The Morgan fingerprint density at radius 3 is 2.57 bits per heavy atom. The van der Waals surface area contributed by atoms with Crippen LogP contribution in [0, 0.1) is 5.92 Å². The Bertz CT molecular complexity index is 608. The Kier molecular flexibility index (Phi) is 5.06. The Hall–Kier alpha value is -1.76. The summed E-state index contributed by atoms with van der Waals surface area (Å²) in [5.74, 6) is 0.777. The molecule has 1 atom stereocenters. The Labute approximate surface area is 132 Å². The summed E-state index contributed by atoms with van der Waals surface area (Å²) in [7, 11) is 0. The van der Waals surface area contributed by atoms with Gasteiger partial charge >= 0.3 is 0 Å². The lowest BCUT2D eigenvalue weighted by Gasteiger charge is -2.16. The number of tetrazole rings is 1. The zero-order valence-electron chi connectivity index (χ0n) is 12.2. The number of halogens is 1. The van der Waals surface area contributed by atoms with Crippen molar-refractivity contribution in [1.82, 2.24) is 25.5 Å². The van der Waals surface area contributed by atoms with Gasteiger partial charge in [0.1, 0.15) is 6.54 Å². The standard InChI is InChI=1S/C14H18BrN5O/c1-9(2)10(3)16-13(21)8-20-18-14(17-19-20)11-4-6-12(15)7-5-11/h4-7,9-10H,8H2,1-3H3,(H,16,21). The maximum absolute atomic E-state index is 11.9. The second-order valence-electron chi connectivity index (χ2n) is 5.25. The molecule has 0 aliphatic carbocycles.